The Bertz CT molecular complexity index is 234. The van der Waals surface area contributed by atoms with Gasteiger partial charge in [0.15, 0.2) is 0 Å². The Hall–Kier alpha value is -0.610. The largest absolute Gasteiger partial charge is 0.480 e. The van der Waals surface area contributed by atoms with Crippen molar-refractivity contribution in [3.63, 3.8) is 0 Å². The molecule has 2 aliphatic carbocycles. The van der Waals surface area contributed by atoms with E-state index < -0.39 is 12.0 Å². The Morgan fingerprint density at radius 2 is 2.00 bits per heavy atom. The highest BCUT2D eigenvalue weighted by molar-refractivity contribution is 5.73. The molecular weight excluding hydrogens is 206 g/mol. The Balaban J connectivity index is 1.62. The van der Waals surface area contributed by atoms with Crippen molar-refractivity contribution < 1.29 is 14.6 Å². The maximum atomic E-state index is 10.9. The van der Waals surface area contributed by atoms with Crippen LogP contribution >= 0.6 is 0 Å². The normalized spacial score (nSPS) is 23.5. The zero-order valence-electron chi connectivity index (χ0n) is 9.65. The summed E-state index contributed by atoms with van der Waals surface area (Å²) in [6.07, 6.45) is 7.30. The summed E-state index contributed by atoms with van der Waals surface area (Å²) in [6.45, 7) is 1.04. The van der Waals surface area contributed by atoms with Gasteiger partial charge < -0.3 is 9.84 Å². The second-order valence-corrected chi connectivity index (χ2v) is 5.02. The molecule has 0 bridgehead atoms. The van der Waals surface area contributed by atoms with E-state index in [4.69, 9.17) is 9.84 Å². The summed E-state index contributed by atoms with van der Waals surface area (Å²) in [5.41, 5.74) is 0. The minimum atomic E-state index is -0.793. The van der Waals surface area contributed by atoms with E-state index in [1.165, 1.54) is 25.7 Å². The molecule has 92 valence electrons. The topological polar surface area (TPSA) is 58.6 Å². The van der Waals surface area contributed by atoms with Gasteiger partial charge in [0.25, 0.3) is 0 Å². The van der Waals surface area contributed by atoms with Crippen LogP contribution in [0.2, 0.25) is 0 Å². The fraction of sp³-hybridized carbons (Fsp3) is 0.917. The van der Waals surface area contributed by atoms with Gasteiger partial charge in [-0.1, -0.05) is 12.8 Å². The van der Waals surface area contributed by atoms with Gasteiger partial charge in [-0.25, -0.2) is 0 Å². The highest BCUT2D eigenvalue weighted by Gasteiger charge is 2.28. The average Bonchev–Trinajstić information content (AvgIpc) is 2.91. The molecule has 1 unspecified atom stereocenters. The Kier molecular flexibility index (Phi) is 4.18. The molecule has 0 heterocycles. The van der Waals surface area contributed by atoms with Crippen molar-refractivity contribution in [2.24, 2.45) is 5.92 Å². The third-order valence-electron chi connectivity index (χ3n) is 3.43. The van der Waals surface area contributed by atoms with E-state index in [-0.39, 0.29) is 0 Å². The maximum Gasteiger partial charge on any atom is 0.323 e. The third kappa shape index (κ3) is 3.76. The first-order valence-corrected chi connectivity index (χ1v) is 6.32. The highest BCUT2D eigenvalue weighted by Crippen LogP contribution is 2.24. The maximum absolute atomic E-state index is 10.9. The van der Waals surface area contributed by atoms with Gasteiger partial charge in [-0.3, -0.25) is 10.1 Å². The van der Waals surface area contributed by atoms with Crippen molar-refractivity contribution in [3.05, 3.63) is 0 Å². The van der Waals surface area contributed by atoms with Crippen LogP contribution in [-0.2, 0) is 9.53 Å². The Labute approximate surface area is 96.4 Å². The zero-order chi connectivity index (χ0) is 11.4. The standard InChI is InChI=1S/C12H21NO3/c14-12(15)11(13-10-5-6-10)8-16-7-9-3-1-2-4-9/h9-11,13H,1-8H2,(H,14,15). The summed E-state index contributed by atoms with van der Waals surface area (Å²) >= 11 is 0. The first-order valence-electron chi connectivity index (χ1n) is 6.32. The molecule has 0 amide bonds. The predicted molar refractivity (Wildman–Crippen MR) is 60.4 cm³/mol. The van der Waals surface area contributed by atoms with E-state index in [0.29, 0.717) is 18.6 Å². The molecule has 0 radical (unpaired) electrons. The molecule has 4 nitrogen and oxygen atoms in total. The second kappa shape index (κ2) is 5.64. The molecule has 0 saturated heterocycles. The van der Waals surface area contributed by atoms with Crippen molar-refractivity contribution >= 4 is 5.97 Å². The van der Waals surface area contributed by atoms with E-state index in [2.05, 4.69) is 5.32 Å². The Morgan fingerprint density at radius 1 is 1.31 bits per heavy atom. The SMILES string of the molecule is O=C(O)C(COCC1CCCC1)NC1CC1. The summed E-state index contributed by atoms with van der Waals surface area (Å²) in [6, 6.07) is -0.106. The molecule has 4 heteroatoms. The van der Waals surface area contributed by atoms with E-state index in [1.54, 1.807) is 0 Å². The minimum absolute atomic E-state index is 0.308. The van der Waals surface area contributed by atoms with E-state index in [1.807, 2.05) is 0 Å². The van der Waals surface area contributed by atoms with Crippen molar-refractivity contribution in [2.45, 2.75) is 50.6 Å². The molecule has 0 aromatic rings. The van der Waals surface area contributed by atoms with Crippen molar-refractivity contribution in [1.29, 1.82) is 0 Å². The van der Waals surface area contributed by atoms with Crippen molar-refractivity contribution in [3.8, 4) is 0 Å². The lowest BCUT2D eigenvalue weighted by Crippen LogP contribution is -2.42. The number of rotatable bonds is 7. The zero-order valence-corrected chi connectivity index (χ0v) is 9.65. The number of carbonyl (C=O) groups is 1. The van der Waals surface area contributed by atoms with Gasteiger partial charge in [-0.2, -0.15) is 0 Å². The second-order valence-electron chi connectivity index (χ2n) is 5.02. The van der Waals surface area contributed by atoms with E-state index >= 15 is 0 Å². The fourth-order valence-corrected chi connectivity index (χ4v) is 2.25. The van der Waals surface area contributed by atoms with Crippen molar-refractivity contribution in [1.82, 2.24) is 5.32 Å². The molecule has 2 aliphatic rings. The summed E-state index contributed by atoms with van der Waals surface area (Å²) in [4.78, 5) is 10.9. The predicted octanol–water partition coefficient (Wildman–Crippen LogP) is 1.40. The summed E-state index contributed by atoms with van der Waals surface area (Å²) < 4.78 is 5.53. The molecule has 0 aromatic heterocycles. The summed E-state index contributed by atoms with van der Waals surface area (Å²) in [7, 11) is 0. The first kappa shape index (κ1) is 11.9. The van der Waals surface area contributed by atoms with Gasteiger partial charge in [-0.05, 0) is 31.6 Å². The van der Waals surface area contributed by atoms with Gasteiger partial charge >= 0.3 is 5.97 Å². The minimum Gasteiger partial charge on any atom is -0.480 e. The number of nitrogens with one attached hydrogen (secondary N) is 1. The molecule has 0 spiro atoms. The molecule has 0 aromatic carbocycles. The van der Waals surface area contributed by atoms with Crippen LogP contribution in [0.1, 0.15) is 38.5 Å². The van der Waals surface area contributed by atoms with Crippen LogP contribution in [0.25, 0.3) is 0 Å². The lowest BCUT2D eigenvalue weighted by Gasteiger charge is -2.16. The van der Waals surface area contributed by atoms with Crippen LogP contribution in [0.4, 0.5) is 0 Å². The first-order chi connectivity index (χ1) is 7.75. The lowest BCUT2D eigenvalue weighted by atomic mass is 10.1. The smallest absolute Gasteiger partial charge is 0.323 e. The number of ether oxygens (including phenoxy) is 1. The van der Waals surface area contributed by atoms with Crippen LogP contribution in [0, 0.1) is 5.92 Å². The fourth-order valence-electron chi connectivity index (χ4n) is 2.25. The molecule has 16 heavy (non-hydrogen) atoms. The van der Waals surface area contributed by atoms with Crippen LogP contribution < -0.4 is 5.32 Å². The quantitative estimate of drug-likeness (QED) is 0.690. The molecule has 0 aliphatic heterocycles. The van der Waals surface area contributed by atoms with Crippen LogP contribution in [0.15, 0.2) is 0 Å². The van der Waals surface area contributed by atoms with Gasteiger partial charge in [-0.15, -0.1) is 0 Å². The van der Waals surface area contributed by atoms with Crippen LogP contribution in [-0.4, -0.2) is 36.4 Å². The van der Waals surface area contributed by atoms with Gasteiger partial charge in [0.05, 0.1) is 6.61 Å². The molecule has 2 N–H and O–H groups in total. The summed E-state index contributed by atoms with van der Waals surface area (Å²) in [5.74, 6) is -0.131. The molecule has 1 atom stereocenters. The van der Waals surface area contributed by atoms with Crippen LogP contribution in [0.3, 0.4) is 0 Å². The monoisotopic (exact) mass is 227 g/mol. The Morgan fingerprint density at radius 3 is 2.56 bits per heavy atom. The van der Waals surface area contributed by atoms with Gasteiger partial charge in [0, 0.05) is 12.6 Å². The van der Waals surface area contributed by atoms with Gasteiger partial charge in [0.1, 0.15) is 6.04 Å². The average molecular weight is 227 g/mol. The lowest BCUT2D eigenvalue weighted by molar-refractivity contribution is -0.141. The molecule has 2 saturated carbocycles. The number of carboxylic acid groups (broad SMARTS) is 1. The summed E-state index contributed by atoms with van der Waals surface area (Å²) in [5, 5.41) is 12.1. The number of hydrogen-bond acceptors (Lipinski definition) is 3. The molecule has 2 rings (SSSR count). The molecular formula is C12H21NO3. The molecule has 2 fully saturated rings. The van der Waals surface area contributed by atoms with Crippen LogP contribution in [0.5, 0.6) is 0 Å². The number of aliphatic carboxylic acids is 1. The van der Waals surface area contributed by atoms with Crippen molar-refractivity contribution in [2.75, 3.05) is 13.2 Å². The van der Waals surface area contributed by atoms with E-state index in [0.717, 1.165) is 19.4 Å². The highest BCUT2D eigenvalue weighted by atomic mass is 16.5. The number of hydrogen-bond donors (Lipinski definition) is 2. The van der Waals surface area contributed by atoms with E-state index in [9.17, 15) is 4.79 Å². The van der Waals surface area contributed by atoms with Gasteiger partial charge in [0.2, 0.25) is 0 Å². The third-order valence-corrected chi connectivity index (χ3v) is 3.43. The number of carboxylic acids is 1.